The van der Waals surface area contributed by atoms with E-state index in [1.54, 1.807) is 13.8 Å². The smallest absolute Gasteiger partial charge is 0.274 e. The van der Waals surface area contributed by atoms with Gasteiger partial charge in [0.1, 0.15) is 17.3 Å². The summed E-state index contributed by atoms with van der Waals surface area (Å²) in [5, 5.41) is 14.4. The number of carbonyl (C=O) groups excluding carboxylic acids is 2. The van der Waals surface area contributed by atoms with E-state index < -0.39 is 17.1 Å². The Hall–Kier alpha value is -2.96. The molecule has 0 saturated carbocycles. The predicted molar refractivity (Wildman–Crippen MR) is 92.0 cm³/mol. The van der Waals surface area contributed by atoms with Crippen molar-refractivity contribution in [1.82, 2.24) is 10.3 Å². The van der Waals surface area contributed by atoms with E-state index in [1.165, 1.54) is 37.4 Å². The number of benzene rings is 1. The number of anilines is 1. The molecule has 0 fully saturated rings. The van der Waals surface area contributed by atoms with E-state index >= 15 is 0 Å². The van der Waals surface area contributed by atoms with Crippen molar-refractivity contribution in [3.05, 3.63) is 53.6 Å². The summed E-state index contributed by atoms with van der Waals surface area (Å²) in [6, 6.07) is 6.93. The van der Waals surface area contributed by atoms with Crippen LogP contribution >= 0.6 is 0 Å². The molecule has 1 aromatic carbocycles. The Kier molecular flexibility index (Phi) is 5.36. The van der Waals surface area contributed by atoms with Crippen LogP contribution in [-0.2, 0) is 10.2 Å². The number of nitrogens with one attached hydrogen (secondary N) is 2. The molecule has 0 unspecified atom stereocenters. The van der Waals surface area contributed by atoms with E-state index in [4.69, 9.17) is 0 Å². The summed E-state index contributed by atoms with van der Waals surface area (Å²) in [5.41, 5.74) is 0.0870. The Labute approximate surface area is 145 Å². The molecule has 1 heterocycles. The summed E-state index contributed by atoms with van der Waals surface area (Å²) in [4.78, 5) is 27.7. The van der Waals surface area contributed by atoms with Gasteiger partial charge in [-0.25, -0.2) is 9.37 Å². The molecular formula is C18H20FN3O3. The molecule has 0 aliphatic carbocycles. The Morgan fingerprint density at radius 3 is 2.56 bits per heavy atom. The molecule has 2 aromatic rings. The van der Waals surface area contributed by atoms with Crippen molar-refractivity contribution >= 4 is 17.5 Å². The third-order valence-electron chi connectivity index (χ3n) is 3.82. The lowest BCUT2D eigenvalue weighted by Gasteiger charge is -2.25. The third kappa shape index (κ3) is 4.53. The van der Waals surface area contributed by atoms with Crippen LogP contribution in [0.4, 0.5) is 10.1 Å². The van der Waals surface area contributed by atoms with Crippen LogP contribution in [-0.4, -0.2) is 29.0 Å². The molecule has 2 amide bonds. The van der Waals surface area contributed by atoms with E-state index in [2.05, 4.69) is 15.6 Å². The lowest BCUT2D eigenvalue weighted by atomic mass is 9.80. The molecule has 0 saturated heterocycles. The first-order valence-electron chi connectivity index (χ1n) is 7.70. The summed E-state index contributed by atoms with van der Waals surface area (Å²) in [7, 11) is 1.52. The highest BCUT2D eigenvalue weighted by molar-refractivity contribution is 6.02. The fraction of sp³-hybridized carbons (Fsp3) is 0.278. The van der Waals surface area contributed by atoms with Gasteiger partial charge >= 0.3 is 0 Å². The van der Waals surface area contributed by atoms with Crippen molar-refractivity contribution in [2.45, 2.75) is 25.7 Å². The average Bonchev–Trinajstić information content (AvgIpc) is 2.56. The van der Waals surface area contributed by atoms with Gasteiger partial charge in [0.25, 0.3) is 5.91 Å². The SMILES string of the molecule is CNC(=O)CC(C)(C)c1cc(NC(=O)c2ccc(O)cn2)ccc1F. The summed E-state index contributed by atoms with van der Waals surface area (Å²) in [5.74, 6) is -1.18. The molecule has 132 valence electrons. The number of aromatic nitrogens is 1. The normalized spacial score (nSPS) is 11.0. The zero-order chi connectivity index (χ0) is 18.6. The van der Waals surface area contributed by atoms with Crippen molar-refractivity contribution in [2.75, 3.05) is 12.4 Å². The van der Waals surface area contributed by atoms with Crippen molar-refractivity contribution in [2.24, 2.45) is 0 Å². The highest BCUT2D eigenvalue weighted by Crippen LogP contribution is 2.31. The minimum Gasteiger partial charge on any atom is -0.506 e. The summed E-state index contributed by atoms with van der Waals surface area (Å²) in [6.45, 7) is 3.52. The molecule has 1 aromatic heterocycles. The maximum Gasteiger partial charge on any atom is 0.274 e. The van der Waals surface area contributed by atoms with Gasteiger partial charge in [0.2, 0.25) is 5.91 Å². The molecule has 25 heavy (non-hydrogen) atoms. The molecule has 0 spiro atoms. The van der Waals surface area contributed by atoms with Gasteiger partial charge in [-0.2, -0.15) is 0 Å². The van der Waals surface area contributed by atoms with Gasteiger partial charge in [-0.15, -0.1) is 0 Å². The predicted octanol–water partition coefficient (Wildman–Crippen LogP) is 2.59. The van der Waals surface area contributed by atoms with E-state index in [0.717, 1.165) is 6.20 Å². The first-order chi connectivity index (χ1) is 11.7. The van der Waals surface area contributed by atoms with Crippen molar-refractivity contribution < 1.29 is 19.1 Å². The van der Waals surface area contributed by atoms with Crippen molar-refractivity contribution in [3.8, 4) is 5.75 Å². The van der Waals surface area contributed by atoms with Crippen LogP contribution < -0.4 is 10.6 Å². The Morgan fingerprint density at radius 1 is 1.24 bits per heavy atom. The van der Waals surface area contributed by atoms with E-state index in [0.29, 0.717) is 11.3 Å². The highest BCUT2D eigenvalue weighted by Gasteiger charge is 2.27. The fourth-order valence-electron chi connectivity index (χ4n) is 2.42. The highest BCUT2D eigenvalue weighted by atomic mass is 19.1. The number of rotatable bonds is 5. The number of hydrogen-bond donors (Lipinski definition) is 3. The monoisotopic (exact) mass is 345 g/mol. The van der Waals surface area contributed by atoms with Crippen molar-refractivity contribution in [1.29, 1.82) is 0 Å². The standard InChI is InChI=1S/C18H20FN3O3/c1-18(2,9-16(24)20-3)13-8-11(4-6-14(13)19)22-17(25)15-7-5-12(23)10-21-15/h4-8,10,23H,9H2,1-3H3,(H,20,24)(H,22,25). The second-order valence-corrected chi connectivity index (χ2v) is 6.28. The average molecular weight is 345 g/mol. The Morgan fingerprint density at radius 2 is 1.96 bits per heavy atom. The Bertz CT molecular complexity index is 789. The van der Waals surface area contributed by atoms with Crippen LogP contribution in [0.25, 0.3) is 0 Å². The van der Waals surface area contributed by atoms with Gasteiger partial charge in [-0.05, 0) is 35.9 Å². The minimum absolute atomic E-state index is 0.0448. The number of pyridine rings is 1. The quantitative estimate of drug-likeness (QED) is 0.777. The van der Waals surface area contributed by atoms with E-state index in [-0.39, 0.29) is 23.8 Å². The summed E-state index contributed by atoms with van der Waals surface area (Å²) >= 11 is 0. The zero-order valence-electron chi connectivity index (χ0n) is 14.3. The molecule has 3 N–H and O–H groups in total. The second-order valence-electron chi connectivity index (χ2n) is 6.28. The van der Waals surface area contributed by atoms with Gasteiger partial charge in [0.05, 0.1) is 6.20 Å². The van der Waals surface area contributed by atoms with Gasteiger partial charge < -0.3 is 15.7 Å². The Balaban J connectivity index is 2.24. The molecule has 2 rings (SSSR count). The lowest BCUT2D eigenvalue weighted by molar-refractivity contribution is -0.121. The topological polar surface area (TPSA) is 91.3 Å². The zero-order valence-corrected chi connectivity index (χ0v) is 14.3. The third-order valence-corrected chi connectivity index (χ3v) is 3.82. The van der Waals surface area contributed by atoms with Gasteiger partial charge in [0.15, 0.2) is 0 Å². The molecular weight excluding hydrogens is 325 g/mol. The molecule has 0 atom stereocenters. The van der Waals surface area contributed by atoms with Crippen LogP contribution in [0.15, 0.2) is 36.5 Å². The summed E-state index contributed by atoms with van der Waals surface area (Å²) in [6.07, 6.45) is 1.27. The number of amides is 2. The van der Waals surface area contributed by atoms with Crippen LogP contribution in [0.3, 0.4) is 0 Å². The van der Waals surface area contributed by atoms with Crippen molar-refractivity contribution in [3.63, 3.8) is 0 Å². The molecule has 0 bridgehead atoms. The number of aromatic hydroxyl groups is 1. The molecule has 0 aliphatic heterocycles. The maximum absolute atomic E-state index is 14.2. The van der Waals surface area contributed by atoms with Crippen LogP contribution in [0.5, 0.6) is 5.75 Å². The first-order valence-corrected chi connectivity index (χ1v) is 7.70. The number of nitrogens with zero attached hydrogens (tertiary/aromatic N) is 1. The molecule has 0 radical (unpaired) electrons. The van der Waals surface area contributed by atoms with E-state index in [1.807, 2.05) is 0 Å². The summed E-state index contributed by atoms with van der Waals surface area (Å²) < 4.78 is 14.2. The second kappa shape index (κ2) is 7.29. The maximum atomic E-state index is 14.2. The van der Waals surface area contributed by atoms with Crippen LogP contribution in [0, 0.1) is 5.82 Å². The van der Waals surface area contributed by atoms with E-state index in [9.17, 15) is 19.1 Å². The number of hydrogen-bond acceptors (Lipinski definition) is 4. The number of carbonyl (C=O) groups is 2. The molecule has 0 aliphatic rings. The van der Waals surface area contributed by atoms with Gasteiger partial charge in [0, 0.05) is 24.6 Å². The molecule has 6 nitrogen and oxygen atoms in total. The van der Waals surface area contributed by atoms with Gasteiger partial charge in [-0.3, -0.25) is 9.59 Å². The molecule has 7 heteroatoms. The lowest BCUT2D eigenvalue weighted by Crippen LogP contribution is -2.29. The van der Waals surface area contributed by atoms with Crippen LogP contribution in [0.1, 0.15) is 36.3 Å². The largest absolute Gasteiger partial charge is 0.506 e. The first kappa shape index (κ1) is 18.4. The van der Waals surface area contributed by atoms with Crippen LogP contribution in [0.2, 0.25) is 0 Å². The van der Waals surface area contributed by atoms with Gasteiger partial charge in [-0.1, -0.05) is 13.8 Å². The minimum atomic E-state index is -0.748. The number of halogens is 1. The fourth-order valence-corrected chi connectivity index (χ4v) is 2.42.